The molecule has 1 heterocycles. The summed E-state index contributed by atoms with van der Waals surface area (Å²) in [7, 11) is 0. The molecule has 6 nitrogen and oxygen atoms in total. The van der Waals surface area contributed by atoms with Gasteiger partial charge in [0.2, 0.25) is 11.8 Å². The monoisotopic (exact) mass is 434 g/mol. The Labute approximate surface area is 190 Å². The summed E-state index contributed by atoms with van der Waals surface area (Å²) in [5.74, 6) is -0.576. The van der Waals surface area contributed by atoms with Crippen molar-refractivity contribution in [1.29, 1.82) is 0 Å². The lowest BCUT2D eigenvalue weighted by Crippen LogP contribution is -2.46. The fourth-order valence-corrected chi connectivity index (χ4v) is 3.88. The van der Waals surface area contributed by atoms with Crippen LogP contribution >= 0.6 is 0 Å². The van der Waals surface area contributed by atoms with Gasteiger partial charge in [-0.25, -0.2) is 0 Å². The summed E-state index contributed by atoms with van der Waals surface area (Å²) >= 11 is 0. The van der Waals surface area contributed by atoms with Gasteiger partial charge in [0.15, 0.2) is 0 Å². The summed E-state index contributed by atoms with van der Waals surface area (Å²) in [5, 5.41) is 6.96. The van der Waals surface area contributed by atoms with E-state index in [1.165, 1.54) is 0 Å². The number of fused-ring (bicyclic) bond motifs is 1. The number of nitrogens with zero attached hydrogens (tertiary/aromatic N) is 1. The molecule has 0 fully saturated rings. The third-order valence-electron chi connectivity index (χ3n) is 5.69. The Morgan fingerprint density at radius 3 is 2.28 bits per heavy atom. The molecule has 170 valence electrons. The van der Waals surface area contributed by atoms with Crippen LogP contribution < -0.4 is 15.5 Å². The first-order valence-electron chi connectivity index (χ1n) is 11.3. The highest BCUT2D eigenvalue weighted by Gasteiger charge is 2.24. The van der Waals surface area contributed by atoms with E-state index in [1.807, 2.05) is 68.6 Å². The standard InChI is InChI=1S/C26H34N4O2/c1-6-30(18(4)5)21-13-11-20(12-14-21)28-26(32)24(29-25(31)17(2)3)15-19-16-27-23-10-8-7-9-22(19)23/h7-14,16-18,24,27H,6,15H2,1-5H3,(H,28,32)(H,29,31). The molecule has 0 spiro atoms. The van der Waals surface area contributed by atoms with Gasteiger partial charge < -0.3 is 20.5 Å². The molecular weight excluding hydrogens is 400 g/mol. The highest BCUT2D eigenvalue weighted by atomic mass is 16.2. The Morgan fingerprint density at radius 2 is 1.66 bits per heavy atom. The Kier molecular flexibility index (Phi) is 7.57. The number of anilines is 2. The number of aromatic nitrogens is 1. The van der Waals surface area contributed by atoms with Crippen molar-refractivity contribution < 1.29 is 9.59 Å². The second kappa shape index (κ2) is 10.4. The molecule has 1 aromatic heterocycles. The minimum atomic E-state index is -0.674. The lowest BCUT2D eigenvalue weighted by atomic mass is 10.0. The number of nitrogens with one attached hydrogen (secondary N) is 3. The zero-order chi connectivity index (χ0) is 23.3. The van der Waals surface area contributed by atoms with Crippen LogP contribution in [0.1, 0.15) is 40.2 Å². The predicted molar refractivity (Wildman–Crippen MR) is 132 cm³/mol. The van der Waals surface area contributed by atoms with Gasteiger partial charge >= 0.3 is 0 Å². The number of para-hydroxylation sites is 1. The molecular formula is C26H34N4O2. The van der Waals surface area contributed by atoms with E-state index in [9.17, 15) is 9.59 Å². The summed E-state index contributed by atoms with van der Waals surface area (Å²) in [6, 6.07) is 15.5. The number of aromatic amines is 1. The minimum Gasteiger partial charge on any atom is -0.369 e. The molecule has 0 aliphatic heterocycles. The molecule has 1 atom stereocenters. The van der Waals surface area contributed by atoms with Crippen molar-refractivity contribution >= 4 is 34.1 Å². The van der Waals surface area contributed by atoms with Crippen LogP contribution in [0.25, 0.3) is 10.9 Å². The zero-order valence-corrected chi connectivity index (χ0v) is 19.6. The van der Waals surface area contributed by atoms with E-state index >= 15 is 0 Å². The van der Waals surface area contributed by atoms with Gasteiger partial charge in [-0.3, -0.25) is 9.59 Å². The van der Waals surface area contributed by atoms with Crippen molar-refractivity contribution in [2.75, 3.05) is 16.8 Å². The Morgan fingerprint density at radius 1 is 0.969 bits per heavy atom. The van der Waals surface area contributed by atoms with Crippen LogP contribution in [0.2, 0.25) is 0 Å². The van der Waals surface area contributed by atoms with Crippen LogP contribution in [0.4, 0.5) is 11.4 Å². The average molecular weight is 435 g/mol. The van der Waals surface area contributed by atoms with Crippen LogP contribution in [0.15, 0.2) is 54.7 Å². The van der Waals surface area contributed by atoms with Crippen LogP contribution in [-0.2, 0) is 16.0 Å². The lowest BCUT2D eigenvalue weighted by Gasteiger charge is -2.27. The molecule has 0 aliphatic carbocycles. The van der Waals surface area contributed by atoms with Gasteiger partial charge in [-0.15, -0.1) is 0 Å². The molecule has 3 rings (SSSR count). The first-order chi connectivity index (χ1) is 15.3. The van der Waals surface area contributed by atoms with E-state index in [-0.39, 0.29) is 17.7 Å². The summed E-state index contributed by atoms with van der Waals surface area (Å²) in [6.45, 7) is 11.0. The van der Waals surface area contributed by atoms with Crippen LogP contribution in [0.5, 0.6) is 0 Å². The summed E-state index contributed by atoms with van der Waals surface area (Å²) in [4.78, 5) is 31.1. The third kappa shape index (κ3) is 5.49. The molecule has 2 aromatic carbocycles. The Bertz CT molecular complexity index is 1050. The maximum absolute atomic E-state index is 13.2. The smallest absolute Gasteiger partial charge is 0.247 e. The zero-order valence-electron chi connectivity index (χ0n) is 19.6. The second-order valence-electron chi connectivity index (χ2n) is 8.70. The van der Waals surface area contributed by atoms with E-state index in [0.29, 0.717) is 18.2 Å². The van der Waals surface area contributed by atoms with Crippen molar-refractivity contribution in [2.45, 2.75) is 53.1 Å². The van der Waals surface area contributed by atoms with E-state index in [2.05, 4.69) is 41.3 Å². The fourth-order valence-electron chi connectivity index (χ4n) is 3.88. The number of carbonyl (C=O) groups excluding carboxylic acids is 2. The van der Waals surface area contributed by atoms with Crippen LogP contribution in [0.3, 0.4) is 0 Å². The van der Waals surface area contributed by atoms with Gasteiger partial charge in [-0.2, -0.15) is 0 Å². The highest BCUT2D eigenvalue weighted by molar-refractivity contribution is 5.98. The fraction of sp³-hybridized carbons (Fsp3) is 0.385. The van der Waals surface area contributed by atoms with Crippen molar-refractivity contribution in [3.63, 3.8) is 0 Å². The maximum atomic E-state index is 13.2. The van der Waals surface area contributed by atoms with Crippen molar-refractivity contribution in [1.82, 2.24) is 10.3 Å². The van der Waals surface area contributed by atoms with Crippen molar-refractivity contribution in [3.05, 3.63) is 60.3 Å². The highest BCUT2D eigenvalue weighted by Crippen LogP contribution is 2.22. The van der Waals surface area contributed by atoms with Gasteiger partial charge in [0.05, 0.1) is 0 Å². The van der Waals surface area contributed by atoms with E-state index in [4.69, 9.17) is 0 Å². The van der Waals surface area contributed by atoms with Crippen LogP contribution in [-0.4, -0.2) is 35.4 Å². The first kappa shape index (κ1) is 23.4. The molecule has 2 amide bonds. The molecule has 0 bridgehead atoms. The predicted octanol–water partition coefficient (Wildman–Crippen LogP) is 4.72. The lowest BCUT2D eigenvalue weighted by molar-refractivity contribution is -0.128. The van der Waals surface area contributed by atoms with Gasteiger partial charge in [0.25, 0.3) is 0 Å². The van der Waals surface area contributed by atoms with Crippen molar-refractivity contribution in [3.8, 4) is 0 Å². The molecule has 0 radical (unpaired) electrons. The molecule has 6 heteroatoms. The first-order valence-corrected chi connectivity index (χ1v) is 11.3. The SMILES string of the molecule is CCN(c1ccc(NC(=O)C(Cc2c[nH]c3ccccc23)NC(=O)C(C)C)cc1)C(C)C. The van der Waals surface area contributed by atoms with Crippen LogP contribution in [0, 0.1) is 5.92 Å². The normalized spacial score (nSPS) is 12.2. The molecule has 3 N–H and O–H groups in total. The quantitative estimate of drug-likeness (QED) is 0.456. The Hall–Kier alpha value is -3.28. The number of amides is 2. The number of hydrogen-bond donors (Lipinski definition) is 3. The van der Waals surface area contributed by atoms with Gasteiger partial charge in [0.1, 0.15) is 6.04 Å². The average Bonchev–Trinajstić information content (AvgIpc) is 3.17. The molecule has 0 saturated carbocycles. The number of hydrogen-bond acceptors (Lipinski definition) is 3. The Balaban J connectivity index is 1.78. The van der Waals surface area contributed by atoms with Crippen molar-refractivity contribution in [2.24, 2.45) is 5.92 Å². The third-order valence-corrected chi connectivity index (χ3v) is 5.69. The summed E-state index contributed by atoms with van der Waals surface area (Å²) < 4.78 is 0. The number of carbonyl (C=O) groups is 2. The van der Waals surface area contributed by atoms with Gasteiger partial charge in [-0.05, 0) is 56.7 Å². The topological polar surface area (TPSA) is 77.2 Å². The summed E-state index contributed by atoms with van der Waals surface area (Å²) in [6.07, 6.45) is 2.32. The molecule has 1 unspecified atom stereocenters. The second-order valence-corrected chi connectivity index (χ2v) is 8.70. The van der Waals surface area contributed by atoms with E-state index in [0.717, 1.165) is 28.7 Å². The molecule has 0 aliphatic rings. The minimum absolute atomic E-state index is 0.143. The van der Waals surface area contributed by atoms with E-state index in [1.54, 1.807) is 0 Å². The maximum Gasteiger partial charge on any atom is 0.247 e. The van der Waals surface area contributed by atoms with E-state index < -0.39 is 6.04 Å². The molecule has 0 saturated heterocycles. The molecule has 3 aromatic rings. The van der Waals surface area contributed by atoms with Gasteiger partial charge in [0, 0.05) is 53.4 Å². The molecule has 32 heavy (non-hydrogen) atoms. The van der Waals surface area contributed by atoms with Gasteiger partial charge in [-0.1, -0.05) is 32.0 Å². The number of H-pyrrole nitrogens is 1. The number of rotatable bonds is 9. The largest absolute Gasteiger partial charge is 0.369 e. The number of benzene rings is 2. The summed E-state index contributed by atoms with van der Waals surface area (Å²) in [5.41, 5.74) is 3.83.